The van der Waals surface area contributed by atoms with Crippen molar-refractivity contribution in [2.75, 3.05) is 26.5 Å². The van der Waals surface area contributed by atoms with Crippen LogP contribution in [0.25, 0.3) is 0 Å². The van der Waals surface area contributed by atoms with Crippen LogP contribution in [0.4, 0.5) is 35.1 Å². The molecule has 4 N–H and O–H groups in total. The van der Waals surface area contributed by atoms with Gasteiger partial charge in [0, 0.05) is 41.3 Å². The predicted molar refractivity (Wildman–Crippen MR) is 304 cm³/mol. The summed E-state index contributed by atoms with van der Waals surface area (Å²) in [4.78, 5) is 23.0. The Morgan fingerprint density at radius 3 is 0.899 bits per heavy atom. The Balaban J connectivity index is 0.000000265. The highest BCUT2D eigenvalue weighted by Gasteiger charge is 2.20. The number of halogens is 9. The van der Waals surface area contributed by atoms with Crippen LogP contribution in [0, 0.1) is 46.5 Å². The van der Waals surface area contributed by atoms with Gasteiger partial charge in [-0.2, -0.15) is 0 Å². The second kappa shape index (κ2) is 34.1. The number of nitrogens with two attached hydrogens (primary N) is 2. The van der Waals surface area contributed by atoms with Crippen LogP contribution in [0.2, 0.25) is 0 Å². The zero-order valence-corrected chi connectivity index (χ0v) is 46.5. The van der Waals surface area contributed by atoms with Gasteiger partial charge in [0.2, 0.25) is 5.24 Å². The minimum atomic E-state index is -1.65. The summed E-state index contributed by atoms with van der Waals surface area (Å²) in [6.07, 6.45) is 2.28. The molecule has 0 saturated carbocycles. The second-order valence-corrected chi connectivity index (χ2v) is 22.6. The molecule has 0 fully saturated rings. The van der Waals surface area contributed by atoms with Crippen LogP contribution in [0.15, 0.2) is 194 Å². The monoisotopic (exact) mass is 1130 g/mol. The van der Waals surface area contributed by atoms with Gasteiger partial charge in [-0.15, -0.1) is 0 Å². The Morgan fingerprint density at radius 1 is 0.443 bits per heavy atom. The first-order valence-corrected chi connectivity index (χ1v) is 28.4. The molecule has 0 heterocycles. The molecule has 0 aliphatic carbocycles. The van der Waals surface area contributed by atoms with E-state index in [9.17, 15) is 49.3 Å². The van der Waals surface area contributed by atoms with Crippen LogP contribution >= 0.6 is 18.7 Å². The standard InChI is InChI=1S/C16H17F2N.C15H11ClF2O.C15H14F2.C13H8F2O.C4H11OP.CH5N/c1-11(19)8-16(12-4-2-6-14(17)9-12)13-5-3-7-15(18)10-13;16-15(19)9-14(10-3-1-5-12(17)7-10)11-4-2-6-13(18)8-11;1-2-15(11-5-3-7-13(16)9-11)12-6-4-8-14(17)10-12;14-11-5-1-3-9(7-11)13(16)10-4-2-6-12(15)8-10;1-4-6(2,3)5;1-2/h2-7,9-11,16H,8,19H2,1H3;1-8,14H,9H2;3-10,15H,2H2,1H3;1-8H;4H2,1-3H3;2H2,1H3. The summed E-state index contributed by atoms with van der Waals surface area (Å²) in [7, 11) is -0.147. The van der Waals surface area contributed by atoms with Crippen molar-refractivity contribution in [2.45, 2.75) is 63.8 Å². The molecule has 0 spiro atoms. The molecular formula is C64H66ClF8N2O3P. The molecular weight excluding hydrogens is 1060 g/mol. The Labute approximate surface area is 464 Å². The third-order valence-corrected chi connectivity index (χ3v) is 13.5. The van der Waals surface area contributed by atoms with Gasteiger partial charge < -0.3 is 16.0 Å². The van der Waals surface area contributed by atoms with E-state index >= 15 is 0 Å². The molecule has 1 atom stereocenters. The molecule has 0 aliphatic rings. The van der Waals surface area contributed by atoms with Gasteiger partial charge >= 0.3 is 0 Å². The zero-order valence-electron chi connectivity index (χ0n) is 44.8. The number of benzene rings is 8. The van der Waals surface area contributed by atoms with Gasteiger partial charge in [0.15, 0.2) is 5.78 Å². The molecule has 8 aromatic rings. The van der Waals surface area contributed by atoms with Crippen molar-refractivity contribution in [3.05, 3.63) is 285 Å². The lowest BCUT2D eigenvalue weighted by atomic mass is 9.86. The van der Waals surface area contributed by atoms with Gasteiger partial charge in [-0.05, 0) is 188 Å². The van der Waals surface area contributed by atoms with Gasteiger partial charge in [0.1, 0.15) is 46.5 Å². The average Bonchev–Trinajstić information content (AvgIpc) is 3.41. The first kappa shape index (κ1) is 66.3. The third kappa shape index (κ3) is 24.3. The molecule has 15 heteroatoms. The summed E-state index contributed by atoms with van der Waals surface area (Å²) in [6, 6.07) is 48.2. The van der Waals surface area contributed by atoms with Crippen LogP contribution < -0.4 is 11.5 Å². The fourth-order valence-corrected chi connectivity index (χ4v) is 8.01. The van der Waals surface area contributed by atoms with Gasteiger partial charge in [-0.1, -0.05) is 111 Å². The summed E-state index contributed by atoms with van der Waals surface area (Å²) in [5.41, 5.74) is 15.4. The van der Waals surface area contributed by atoms with Gasteiger partial charge in [-0.25, -0.2) is 35.1 Å². The lowest BCUT2D eigenvalue weighted by Gasteiger charge is -2.20. The summed E-state index contributed by atoms with van der Waals surface area (Å²) < 4.78 is 116. The lowest BCUT2D eigenvalue weighted by molar-refractivity contribution is -0.111. The van der Waals surface area contributed by atoms with Crippen molar-refractivity contribution in [3.63, 3.8) is 0 Å². The molecule has 8 aromatic carbocycles. The van der Waals surface area contributed by atoms with E-state index in [-0.39, 0.29) is 64.5 Å². The van der Waals surface area contributed by atoms with Gasteiger partial charge in [0.05, 0.1) is 7.14 Å². The van der Waals surface area contributed by atoms with E-state index in [1.165, 1.54) is 116 Å². The second-order valence-electron chi connectivity index (χ2n) is 18.4. The number of rotatable bonds is 14. The van der Waals surface area contributed by atoms with E-state index in [4.69, 9.17) is 17.3 Å². The van der Waals surface area contributed by atoms with Crippen molar-refractivity contribution in [2.24, 2.45) is 11.5 Å². The molecule has 1 unspecified atom stereocenters. The molecule has 0 radical (unpaired) electrons. The van der Waals surface area contributed by atoms with E-state index in [0.29, 0.717) is 17.5 Å². The molecule has 0 aromatic heterocycles. The van der Waals surface area contributed by atoms with E-state index in [1.54, 1.807) is 61.9 Å². The molecule has 418 valence electrons. The molecule has 0 saturated heterocycles. The maximum atomic E-state index is 13.4. The highest BCUT2D eigenvalue weighted by Crippen LogP contribution is 2.34. The minimum Gasteiger partial charge on any atom is -0.333 e. The molecule has 0 bridgehead atoms. The Kier molecular flexibility index (Phi) is 28.6. The predicted octanol–water partition coefficient (Wildman–Crippen LogP) is 17.0. The van der Waals surface area contributed by atoms with E-state index in [1.807, 2.05) is 45.0 Å². The average molecular weight is 1130 g/mol. The molecule has 0 amide bonds. The van der Waals surface area contributed by atoms with Crippen LogP contribution in [-0.2, 0) is 9.36 Å². The summed E-state index contributed by atoms with van der Waals surface area (Å²) in [6.45, 7) is 9.45. The zero-order chi connectivity index (χ0) is 58.7. The fourth-order valence-electron chi connectivity index (χ4n) is 7.86. The molecule has 8 rings (SSSR count). The van der Waals surface area contributed by atoms with E-state index in [0.717, 1.165) is 47.0 Å². The Morgan fingerprint density at radius 2 is 0.684 bits per heavy atom. The lowest BCUT2D eigenvalue weighted by Crippen LogP contribution is -2.19. The maximum Gasteiger partial charge on any atom is 0.222 e. The topological polar surface area (TPSA) is 103 Å². The van der Waals surface area contributed by atoms with Crippen molar-refractivity contribution in [1.82, 2.24) is 0 Å². The number of carbonyl (C=O) groups excluding carboxylic acids is 2. The Hall–Kier alpha value is -7.02. The highest BCUT2D eigenvalue weighted by molar-refractivity contribution is 7.62. The van der Waals surface area contributed by atoms with Crippen molar-refractivity contribution in [3.8, 4) is 0 Å². The normalized spacial score (nSPS) is 11.0. The third-order valence-electron chi connectivity index (χ3n) is 11.8. The van der Waals surface area contributed by atoms with Crippen LogP contribution in [0.1, 0.15) is 107 Å². The summed E-state index contributed by atoms with van der Waals surface area (Å²) in [5, 5.41) is -0.543. The Bertz CT molecular complexity index is 3020. The van der Waals surface area contributed by atoms with Crippen LogP contribution in [0.5, 0.6) is 0 Å². The number of ketones is 1. The van der Waals surface area contributed by atoms with Crippen LogP contribution in [-0.4, -0.2) is 43.6 Å². The molecule has 79 heavy (non-hydrogen) atoms. The number of carbonyl (C=O) groups is 2. The fraction of sp³-hybridized carbons (Fsp3) is 0.219. The number of hydrogen-bond donors (Lipinski definition) is 2. The largest absolute Gasteiger partial charge is 0.333 e. The first-order chi connectivity index (χ1) is 37.5. The van der Waals surface area contributed by atoms with Gasteiger partial charge in [0.25, 0.3) is 0 Å². The number of hydrogen-bond acceptors (Lipinski definition) is 5. The van der Waals surface area contributed by atoms with Crippen molar-refractivity contribution >= 4 is 29.8 Å². The summed E-state index contributed by atoms with van der Waals surface area (Å²) in [5.74, 6) is -3.74. The maximum absolute atomic E-state index is 13.4. The molecule has 0 aliphatic heterocycles. The van der Waals surface area contributed by atoms with E-state index in [2.05, 4.69) is 5.73 Å². The van der Waals surface area contributed by atoms with Crippen molar-refractivity contribution in [1.29, 1.82) is 0 Å². The quantitative estimate of drug-likeness (QED) is 0.0489. The first-order valence-electron chi connectivity index (χ1n) is 25.2. The highest BCUT2D eigenvalue weighted by atomic mass is 35.5. The van der Waals surface area contributed by atoms with E-state index < -0.39 is 41.6 Å². The minimum absolute atomic E-state index is 0.00549. The molecule has 5 nitrogen and oxygen atoms in total. The van der Waals surface area contributed by atoms with Crippen LogP contribution in [0.3, 0.4) is 0 Å². The van der Waals surface area contributed by atoms with Gasteiger partial charge in [-0.3, -0.25) is 9.59 Å². The SMILES string of the molecule is CC(N)CC(c1cccc(F)c1)c1cccc(F)c1.CCC(c1cccc(F)c1)c1cccc(F)c1.CCP(C)(C)=O.CN.O=C(Cl)CC(c1cccc(F)c1)c1cccc(F)c1.O=C(c1cccc(F)c1)c1cccc(F)c1. The van der Waals surface area contributed by atoms with Crippen molar-refractivity contribution < 1.29 is 49.3 Å². The summed E-state index contributed by atoms with van der Waals surface area (Å²) >= 11 is 5.43. The smallest absolute Gasteiger partial charge is 0.222 e.